The Morgan fingerprint density at radius 3 is 2.43 bits per heavy atom. The molecule has 0 spiro atoms. The second kappa shape index (κ2) is 7.48. The first kappa shape index (κ1) is 16.6. The normalized spacial score (nSPS) is 10.7. The van der Waals surface area contributed by atoms with Crippen LogP contribution in [0, 0.1) is 0 Å². The van der Waals surface area contributed by atoms with Gasteiger partial charge in [0.15, 0.2) is 11.5 Å². The van der Waals surface area contributed by atoms with Gasteiger partial charge in [-0.2, -0.15) is 0 Å². The number of nitrogens with one attached hydrogen (secondary N) is 1. The van der Waals surface area contributed by atoms with E-state index in [1.54, 1.807) is 0 Å². The third kappa shape index (κ3) is 4.12. The third-order valence-electron chi connectivity index (χ3n) is 3.51. The van der Waals surface area contributed by atoms with Crippen LogP contribution in [0.4, 0.5) is 0 Å². The summed E-state index contributed by atoms with van der Waals surface area (Å²) in [6, 6.07) is 1.83. The van der Waals surface area contributed by atoms with Crippen molar-refractivity contribution < 1.29 is 19.2 Å². The van der Waals surface area contributed by atoms with Crippen molar-refractivity contribution in [2.45, 2.75) is 39.2 Å². The van der Waals surface area contributed by atoms with Crippen molar-refractivity contribution in [2.24, 2.45) is 0 Å². The molecule has 1 amide bonds. The highest BCUT2D eigenvalue weighted by atomic mass is 16.5. The van der Waals surface area contributed by atoms with Crippen molar-refractivity contribution in [1.29, 1.82) is 0 Å². The van der Waals surface area contributed by atoms with E-state index in [-0.39, 0.29) is 17.9 Å². The molecule has 0 unspecified atom stereocenters. The fourth-order valence-corrected chi connectivity index (χ4v) is 2.13. The average Bonchev–Trinajstić information content (AvgIpc) is 3.02. The predicted molar refractivity (Wildman–Crippen MR) is 80.0 cm³/mol. The first-order chi connectivity index (χ1) is 11.0. The van der Waals surface area contributed by atoms with E-state index in [1.165, 1.54) is 0 Å². The first-order valence-corrected chi connectivity index (χ1v) is 7.34. The quantitative estimate of drug-likeness (QED) is 0.801. The van der Waals surface area contributed by atoms with Crippen LogP contribution >= 0.6 is 0 Å². The van der Waals surface area contributed by atoms with E-state index in [9.17, 15) is 9.59 Å². The van der Waals surface area contributed by atoms with Crippen molar-refractivity contribution in [2.75, 3.05) is 0 Å². The van der Waals surface area contributed by atoms with Crippen LogP contribution in [-0.2, 0) is 6.54 Å². The number of amides is 1. The number of carboxylic acids is 1. The van der Waals surface area contributed by atoms with Crippen molar-refractivity contribution in [3.8, 4) is 0 Å². The molecule has 0 atom stereocenters. The number of aromatic carboxylic acids is 1. The lowest BCUT2D eigenvalue weighted by molar-refractivity contribution is 0.0689. The highest BCUT2D eigenvalue weighted by Crippen LogP contribution is 2.22. The van der Waals surface area contributed by atoms with Crippen molar-refractivity contribution in [3.05, 3.63) is 41.3 Å². The van der Waals surface area contributed by atoms with Gasteiger partial charge in [0.05, 0.1) is 24.6 Å². The smallest absolute Gasteiger partial charge is 0.356 e. The van der Waals surface area contributed by atoms with Gasteiger partial charge in [-0.25, -0.2) is 14.8 Å². The molecule has 8 heteroatoms. The van der Waals surface area contributed by atoms with Crippen molar-refractivity contribution in [3.63, 3.8) is 0 Å². The molecule has 0 aliphatic rings. The van der Waals surface area contributed by atoms with Crippen LogP contribution in [-0.4, -0.2) is 32.1 Å². The van der Waals surface area contributed by atoms with Crippen LogP contribution in [0.5, 0.6) is 0 Å². The molecular weight excluding hydrogens is 300 g/mol. The summed E-state index contributed by atoms with van der Waals surface area (Å²) in [6.07, 6.45) is 4.10. The third-order valence-corrected chi connectivity index (χ3v) is 3.51. The van der Waals surface area contributed by atoms with Gasteiger partial charge in [-0.1, -0.05) is 19.0 Å². The molecule has 23 heavy (non-hydrogen) atoms. The molecular formula is C15H18N4O4. The Labute approximate surface area is 132 Å². The number of hydrogen-bond donors (Lipinski definition) is 2. The lowest BCUT2D eigenvalue weighted by Crippen LogP contribution is -2.24. The molecule has 2 N–H and O–H groups in total. The molecule has 2 aromatic rings. The summed E-state index contributed by atoms with van der Waals surface area (Å²) in [4.78, 5) is 30.0. The van der Waals surface area contributed by atoms with E-state index < -0.39 is 11.9 Å². The number of nitrogens with zero attached hydrogens (tertiary/aromatic N) is 3. The topological polar surface area (TPSA) is 118 Å². The molecule has 0 saturated heterocycles. The Morgan fingerprint density at radius 2 is 1.87 bits per heavy atom. The van der Waals surface area contributed by atoms with E-state index in [0.29, 0.717) is 11.7 Å². The minimum Gasteiger partial charge on any atom is -0.476 e. The maximum absolute atomic E-state index is 11.9. The number of aromatic nitrogens is 3. The summed E-state index contributed by atoms with van der Waals surface area (Å²) in [5, 5.41) is 15.4. The lowest BCUT2D eigenvalue weighted by Gasteiger charge is -2.06. The fourth-order valence-electron chi connectivity index (χ4n) is 2.13. The van der Waals surface area contributed by atoms with Gasteiger partial charge in [0.2, 0.25) is 0 Å². The van der Waals surface area contributed by atoms with Crippen LogP contribution in [0.3, 0.4) is 0 Å². The van der Waals surface area contributed by atoms with Crippen LogP contribution in [0.1, 0.15) is 65.0 Å². The molecule has 122 valence electrons. The summed E-state index contributed by atoms with van der Waals surface area (Å²) in [5.74, 6) is -0.761. The van der Waals surface area contributed by atoms with E-state index in [2.05, 4.69) is 34.3 Å². The largest absolute Gasteiger partial charge is 0.476 e. The van der Waals surface area contributed by atoms with Crippen LogP contribution in [0.2, 0.25) is 0 Å². The molecule has 8 nitrogen and oxygen atoms in total. The monoisotopic (exact) mass is 318 g/mol. The van der Waals surface area contributed by atoms with Gasteiger partial charge in [0, 0.05) is 12.0 Å². The number of hydrogen-bond acceptors (Lipinski definition) is 6. The van der Waals surface area contributed by atoms with E-state index in [0.717, 1.165) is 30.9 Å². The second-order valence-corrected chi connectivity index (χ2v) is 5.01. The van der Waals surface area contributed by atoms with E-state index in [4.69, 9.17) is 9.63 Å². The minimum absolute atomic E-state index is 0.0368. The summed E-state index contributed by atoms with van der Waals surface area (Å²) < 4.78 is 5.21. The molecule has 2 heterocycles. The van der Waals surface area contributed by atoms with Gasteiger partial charge in [-0.3, -0.25) is 4.79 Å². The van der Waals surface area contributed by atoms with Crippen LogP contribution in [0.15, 0.2) is 23.0 Å². The highest BCUT2D eigenvalue weighted by Gasteiger charge is 2.15. The summed E-state index contributed by atoms with van der Waals surface area (Å²) in [7, 11) is 0. The van der Waals surface area contributed by atoms with Gasteiger partial charge < -0.3 is 14.9 Å². The number of carbonyl (C=O) groups is 2. The second-order valence-electron chi connectivity index (χ2n) is 5.01. The Hall–Kier alpha value is -2.77. The Balaban J connectivity index is 1.95. The first-order valence-electron chi connectivity index (χ1n) is 7.34. The SMILES string of the molecule is CCC(CC)c1cc(CNC(=O)c2cnc(C(=O)O)cn2)on1. The Morgan fingerprint density at radius 1 is 1.22 bits per heavy atom. The number of carboxylic acid groups (broad SMARTS) is 1. The highest BCUT2D eigenvalue weighted by molar-refractivity contribution is 5.92. The Kier molecular flexibility index (Phi) is 5.40. The summed E-state index contributed by atoms with van der Waals surface area (Å²) in [5.41, 5.74) is 0.700. The lowest BCUT2D eigenvalue weighted by atomic mass is 9.99. The maximum Gasteiger partial charge on any atom is 0.356 e. The zero-order valence-electron chi connectivity index (χ0n) is 12.9. The average molecular weight is 318 g/mol. The molecule has 0 fully saturated rings. The number of rotatable bonds is 7. The molecule has 0 aliphatic heterocycles. The van der Waals surface area contributed by atoms with Gasteiger partial charge in [-0.15, -0.1) is 0 Å². The zero-order chi connectivity index (χ0) is 16.8. The maximum atomic E-state index is 11.9. The standard InChI is InChI=1S/C15H18N4O4/c1-3-9(4-2)11-5-10(23-19-11)6-18-14(20)12-7-17-13(8-16-12)15(21)22/h5,7-9H,3-4,6H2,1-2H3,(H,18,20)(H,21,22). The van der Waals surface area contributed by atoms with Gasteiger partial charge in [0.25, 0.3) is 5.91 Å². The summed E-state index contributed by atoms with van der Waals surface area (Å²) in [6.45, 7) is 4.35. The predicted octanol–water partition coefficient (Wildman–Crippen LogP) is 2.00. The van der Waals surface area contributed by atoms with Crippen molar-refractivity contribution in [1.82, 2.24) is 20.4 Å². The molecule has 0 aromatic carbocycles. The van der Waals surface area contributed by atoms with E-state index in [1.807, 2.05) is 6.07 Å². The summed E-state index contributed by atoms with van der Waals surface area (Å²) >= 11 is 0. The fraction of sp³-hybridized carbons (Fsp3) is 0.400. The molecule has 2 rings (SSSR count). The molecule has 0 aliphatic carbocycles. The van der Waals surface area contributed by atoms with Crippen molar-refractivity contribution >= 4 is 11.9 Å². The molecule has 0 radical (unpaired) electrons. The van der Waals surface area contributed by atoms with Gasteiger partial charge in [0.1, 0.15) is 5.69 Å². The molecule has 2 aromatic heterocycles. The number of carbonyl (C=O) groups excluding carboxylic acids is 1. The van der Waals surface area contributed by atoms with E-state index >= 15 is 0 Å². The molecule has 0 bridgehead atoms. The minimum atomic E-state index is -1.19. The Bertz CT molecular complexity index is 677. The zero-order valence-corrected chi connectivity index (χ0v) is 12.9. The van der Waals surface area contributed by atoms with Gasteiger partial charge in [-0.05, 0) is 12.8 Å². The van der Waals surface area contributed by atoms with Crippen LogP contribution < -0.4 is 5.32 Å². The van der Waals surface area contributed by atoms with Gasteiger partial charge >= 0.3 is 5.97 Å². The molecule has 0 saturated carbocycles. The van der Waals surface area contributed by atoms with Crippen LogP contribution in [0.25, 0.3) is 0 Å².